The maximum atomic E-state index is 6.34. The van der Waals surface area contributed by atoms with Crippen molar-refractivity contribution < 1.29 is 0 Å². The van der Waals surface area contributed by atoms with Gasteiger partial charge in [-0.1, -0.05) is 24.6 Å². The Kier molecular flexibility index (Phi) is 4.09. The van der Waals surface area contributed by atoms with E-state index in [9.17, 15) is 0 Å². The van der Waals surface area contributed by atoms with E-state index in [4.69, 9.17) is 46.4 Å². The number of halogens is 4. The molecule has 0 radical (unpaired) electrons. The maximum Gasteiger partial charge on any atom is 0.0591 e. The summed E-state index contributed by atoms with van der Waals surface area (Å²) in [4.78, 5) is -0.405. The molecule has 4 atom stereocenters. The first-order valence-electron chi connectivity index (χ1n) is 4.57. The largest absolute Gasteiger partial charge is 0.122 e. The standard InChI is InChI=1S/C10H14Cl4/c1-9(3-4-11)6-10(2,14)8(13)5-7(9)12/h3-4,7-8H,5-6H2,1-2H3/b4-3+/t7-,8-,9-,10+/m1/s1. The summed E-state index contributed by atoms with van der Waals surface area (Å²) >= 11 is 24.4. The average Bonchev–Trinajstić information content (AvgIpc) is 2.01. The Morgan fingerprint density at radius 2 is 1.79 bits per heavy atom. The number of hydrogen-bond donors (Lipinski definition) is 0. The van der Waals surface area contributed by atoms with Crippen LogP contribution >= 0.6 is 46.4 Å². The Labute approximate surface area is 106 Å². The van der Waals surface area contributed by atoms with E-state index in [1.54, 1.807) is 0 Å². The molecule has 14 heavy (non-hydrogen) atoms. The topological polar surface area (TPSA) is 0 Å². The van der Waals surface area contributed by atoms with Gasteiger partial charge in [0, 0.05) is 16.3 Å². The second-order valence-electron chi connectivity index (χ2n) is 4.42. The van der Waals surface area contributed by atoms with Gasteiger partial charge in [-0.25, -0.2) is 0 Å². The second-order valence-corrected chi connectivity index (χ2v) is 6.59. The molecular formula is C10H14Cl4. The summed E-state index contributed by atoms with van der Waals surface area (Å²) in [7, 11) is 0. The van der Waals surface area contributed by atoms with E-state index in [-0.39, 0.29) is 16.2 Å². The van der Waals surface area contributed by atoms with Crippen LogP contribution in [0.5, 0.6) is 0 Å². The highest BCUT2D eigenvalue weighted by Crippen LogP contribution is 2.49. The van der Waals surface area contributed by atoms with Gasteiger partial charge in [-0.15, -0.1) is 34.8 Å². The molecule has 1 fully saturated rings. The van der Waals surface area contributed by atoms with Crippen LogP contribution in [0.25, 0.3) is 0 Å². The van der Waals surface area contributed by atoms with Crippen LogP contribution in [0.2, 0.25) is 0 Å². The van der Waals surface area contributed by atoms with Crippen molar-refractivity contribution in [3.63, 3.8) is 0 Å². The first-order chi connectivity index (χ1) is 6.32. The Morgan fingerprint density at radius 1 is 1.21 bits per heavy atom. The molecule has 1 aliphatic carbocycles. The van der Waals surface area contributed by atoms with Gasteiger partial charge in [0.05, 0.1) is 10.3 Å². The molecule has 0 saturated heterocycles. The van der Waals surface area contributed by atoms with Crippen LogP contribution in [0.4, 0.5) is 0 Å². The molecule has 0 aromatic carbocycles. The summed E-state index contributed by atoms with van der Waals surface area (Å²) in [6, 6.07) is 0. The summed E-state index contributed by atoms with van der Waals surface area (Å²) in [5.74, 6) is 0. The van der Waals surface area contributed by atoms with Crippen LogP contribution in [-0.4, -0.2) is 15.6 Å². The Bertz CT molecular complexity index is 236. The molecule has 82 valence electrons. The highest BCUT2D eigenvalue weighted by molar-refractivity contribution is 6.33. The fraction of sp³-hybridized carbons (Fsp3) is 0.800. The van der Waals surface area contributed by atoms with Crippen LogP contribution in [0, 0.1) is 5.41 Å². The minimum absolute atomic E-state index is 0.00757. The third kappa shape index (κ3) is 2.52. The molecule has 0 aliphatic heterocycles. The van der Waals surface area contributed by atoms with E-state index in [2.05, 4.69) is 6.92 Å². The van der Waals surface area contributed by atoms with Gasteiger partial charge < -0.3 is 0 Å². The first kappa shape index (κ1) is 13.0. The second kappa shape index (κ2) is 4.41. The summed E-state index contributed by atoms with van der Waals surface area (Å²) in [5, 5.41) is -0.0877. The van der Waals surface area contributed by atoms with Crippen molar-refractivity contribution in [2.45, 2.75) is 42.3 Å². The third-order valence-electron chi connectivity index (χ3n) is 2.95. The molecule has 1 aliphatic rings. The number of allylic oxidation sites excluding steroid dienone is 1. The van der Waals surface area contributed by atoms with Gasteiger partial charge in [0.15, 0.2) is 0 Å². The number of hydrogen-bond acceptors (Lipinski definition) is 0. The molecular weight excluding hydrogens is 262 g/mol. The predicted octanol–water partition coefficient (Wildman–Crippen LogP) is 4.75. The third-order valence-corrected chi connectivity index (χ3v) is 4.92. The van der Waals surface area contributed by atoms with Crippen molar-refractivity contribution in [3.05, 3.63) is 11.6 Å². The zero-order chi connectivity index (χ0) is 11.0. The molecule has 0 aromatic rings. The molecule has 0 nitrogen and oxygen atoms in total. The lowest BCUT2D eigenvalue weighted by molar-refractivity contribution is 0.253. The Hall–Kier alpha value is 0.900. The lowest BCUT2D eigenvalue weighted by Crippen LogP contribution is -2.47. The average molecular weight is 276 g/mol. The van der Waals surface area contributed by atoms with Gasteiger partial charge in [-0.05, 0) is 19.8 Å². The Morgan fingerprint density at radius 3 is 2.29 bits per heavy atom. The number of rotatable bonds is 1. The van der Waals surface area contributed by atoms with Crippen molar-refractivity contribution in [1.82, 2.24) is 0 Å². The molecule has 0 bridgehead atoms. The summed E-state index contributed by atoms with van der Waals surface area (Å²) < 4.78 is 0. The van der Waals surface area contributed by atoms with Crippen molar-refractivity contribution in [2.24, 2.45) is 5.41 Å². The SMILES string of the molecule is C[C@]1(Cl)C[C@@](C)(/C=C/Cl)[C@H](Cl)C[C@H]1Cl. The highest BCUT2D eigenvalue weighted by Gasteiger charge is 2.47. The lowest BCUT2D eigenvalue weighted by Gasteiger charge is -2.45. The molecule has 1 rings (SSSR count). The van der Waals surface area contributed by atoms with E-state index in [0.717, 1.165) is 6.42 Å². The molecule has 0 unspecified atom stereocenters. The van der Waals surface area contributed by atoms with Gasteiger partial charge in [-0.3, -0.25) is 0 Å². The van der Waals surface area contributed by atoms with Crippen LogP contribution in [0.1, 0.15) is 26.7 Å². The predicted molar refractivity (Wildman–Crippen MR) is 65.9 cm³/mol. The van der Waals surface area contributed by atoms with Gasteiger partial charge in [0.2, 0.25) is 0 Å². The summed E-state index contributed by atoms with van der Waals surface area (Å²) in [6.07, 6.45) is 3.36. The molecule has 1 saturated carbocycles. The lowest BCUT2D eigenvalue weighted by atomic mass is 9.70. The van der Waals surface area contributed by atoms with Crippen molar-refractivity contribution in [1.29, 1.82) is 0 Å². The van der Waals surface area contributed by atoms with Gasteiger partial charge in [0.1, 0.15) is 0 Å². The maximum absolute atomic E-state index is 6.34. The van der Waals surface area contributed by atoms with Gasteiger partial charge in [-0.2, -0.15) is 0 Å². The van der Waals surface area contributed by atoms with Crippen LogP contribution in [0.15, 0.2) is 11.6 Å². The van der Waals surface area contributed by atoms with Crippen LogP contribution in [0.3, 0.4) is 0 Å². The van der Waals surface area contributed by atoms with E-state index >= 15 is 0 Å². The first-order valence-corrected chi connectivity index (χ1v) is 6.25. The zero-order valence-electron chi connectivity index (χ0n) is 8.24. The van der Waals surface area contributed by atoms with Gasteiger partial charge >= 0.3 is 0 Å². The van der Waals surface area contributed by atoms with Crippen LogP contribution in [-0.2, 0) is 0 Å². The fourth-order valence-electron chi connectivity index (χ4n) is 1.97. The normalized spacial score (nSPS) is 49.9. The van der Waals surface area contributed by atoms with E-state index < -0.39 is 4.87 Å². The van der Waals surface area contributed by atoms with Gasteiger partial charge in [0.25, 0.3) is 0 Å². The highest BCUT2D eigenvalue weighted by atomic mass is 35.5. The molecule has 4 heteroatoms. The van der Waals surface area contributed by atoms with Crippen LogP contribution < -0.4 is 0 Å². The summed E-state index contributed by atoms with van der Waals surface area (Å²) in [5.41, 5.74) is 1.35. The Balaban J connectivity index is 2.89. The molecule has 0 amide bonds. The van der Waals surface area contributed by atoms with Crippen molar-refractivity contribution in [2.75, 3.05) is 0 Å². The van der Waals surface area contributed by atoms with E-state index in [1.165, 1.54) is 5.54 Å². The van der Waals surface area contributed by atoms with E-state index in [0.29, 0.717) is 6.42 Å². The van der Waals surface area contributed by atoms with Crippen molar-refractivity contribution >= 4 is 46.4 Å². The van der Waals surface area contributed by atoms with E-state index in [1.807, 2.05) is 13.0 Å². The minimum Gasteiger partial charge on any atom is -0.122 e. The number of alkyl halides is 3. The van der Waals surface area contributed by atoms with Crippen molar-refractivity contribution in [3.8, 4) is 0 Å². The zero-order valence-corrected chi connectivity index (χ0v) is 11.3. The molecule has 0 spiro atoms. The fourth-order valence-corrected chi connectivity index (χ4v) is 3.31. The quantitative estimate of drug-likeness (QED) is 0.606. The molecule has 0 N–H and O–H groups in total. The monoisotopic (exact) mass is 274 g/mol. The minimum atomic E-state index is -0.405. The smallest absolute Gasteiger partial charge is 0.0591 e. The molecule has 0 heterocycles. The molecule has 0 aromatic heterocycles. The summed E-state index contributed by atoms with van der Waals surface area (Å²) in [6.45, 7) is 4.02.